The van der Waals surface area contributed by atoms with Crippen molar-refractivity contribution in [1.29, 1.82) is 0 Å². The summed E-state index contributed by atoms with van der Waals surface area (Å²) in [5, 5.41) is 8.68. The number of aromatic nitrogens is 5. The van der Waals surface area contributed by atoms with E-state index in [1.54, 1.807) is 4.68 Å². The minimum absolute atomic E-state index is 0.459. The second kappa shape index (κ2) is 7.74. The van der Waals surface area contributed by atoms with Crippen LogP contribution in [0.2, 0.25) is 0 Å². The molecule has 30 heavy (non-hydrogen) atoms. The average molecular weight is 400 g/mol. The molecule has 3 heterocycles. The molecule has 5 rings (SSSR count). The molecule has 152 valence electrons. The van der Waals surface area contributed by atoms with Crippen LogP contribution < -0.4 is 10.1 Å². The summed E-state index contributed by atoms with van der Waals surface area (Å²) < 4.78 is 7.80. The minimum atomic E-state index is 0.459. The fourth-order valence-corrected chi connectivity index (χ4v) is 3.74. The molecule has 0 bridgehead atoms. The van der Waals surface area contributed by atoms with Gasteiger partial charge in [0.1, 0.15) is 11.6 Å². The predicted molar refractivity (Wildman–Crippen MR) is 115 cm³/mol. The van der Waals surface area contributed by atoms with E-state index in [1.807, 2.05) is 44.6 Å². The van der Waals surface area contributed by atoms with Gasteiger partial charge in [-0.1, -0.05) is 24.3 Å². The first-order valence-electron chi connectivity index (χ1n) is 10.2. The van der Waals surface area contributed by atoms with E-state index in [2.05, 4.69) is 44.6 Å². The topological polar surface area (TPSA) is 77.8 Å². The largest absolute Gasteiger partial charge is 0.477 e. The molecule has 4 aromatic rings. The lowest BCUT2D eigenvalue weighted by atomic mass is 10.1. The lowest BCUT2D eigenvalue weighted by Crippen LogP contribution is -2.07. The lowest BCUT2D eigenvalue weighted by molar-refractivity contribution is 0.284. The van der Waals surface area contributed by atoms with Crippen LogP contribution in [0.4, 0.5) is 5.82 Å². The molecule has 7 heteroatoms. The Hall–Kier alpha value is -3.48. The molecular formula is C23H24N6O. The first kappa shape index (κ1) is 18.5. The first-order chi connectivity index (χ1) is 14.6. The summed E-state index contributed by atoms with van der Waals surface area (Å²) in [5.74, 6) is 2.98. The SMILES string of the molecule is Cc1nc(NCc2cnn(C)c2)cc(OCC2CC2c2ccc3ccccc3n2)n1. The number of nitrogens with zero attached hydrogens (tertiary/aromatic N) is 5. The van der Waals surface area contributed by atoms with Crippen LogP contribution in [0.1, 0.15) is 29.4 Å². The van der Waals surface area contributed by atoms with Gasteiger partial charge >= 0.3 is 0 Å². The number of fused-ring (bicyclic) bond motifs is 1. The summed E-state index contributed by atoms with van der Waals surface area (Å²) in [6, 6.07) is 14.4. The van der Waals surface area contributed by atoms with Crippen molar-refractivity contribution in [2.75, 3.05) is 11.9 Å². The fraction of sp³-hybridized carbons (Fsp3) is 0.304. The van der Waals surface area contributed by atoms with Crippen LogP contribution in [-0.4, -0.2) is 31.3 Å². The minimum Gasteiger partial charge on any atom is -0.477 e. The van der Waals surface area contributed by atoms with Gasteiger partial charge in [0.05, 0.1) is 18.3 Å². The third kappa shape index (κ3) is 4.10. The molecule has 1 fully saturated rings. The lowest BCUT2D eigenvalue weighted by Gasteiger charge is -2.09. The number of benzene rings is 1. The van der Waals surface area contributed by atoms with Crippen LogP contribution in [0.3, 0.4) is 0 Å². The molecule has 0 amide bonds. The molecule has 2 unspecified atom stereocenters. The van der Waals surface area contributed by atoms with E-state index in [-0.39, 0.29) is 0 Å². The van der Waals surface area contributed by atoms with Gasteiger partial charge in [0.25, 0.3) is 0 Å². The Morgan fingerprint density at radius 1 is 1.13 bits per heavy atom. The van der Waals surface area contributed by atoms with E-state index in [9.17, 15) is 0 Å². The number of anilines is 1. The number of ether oxygens (including phenoxy) is 1. The van der Waals surface area contributed by atoms with E-state index in [0.29, 0.717) is 36.7 Å². The van der Waals surface area contributed by atoms with Gasteiger partial charge in [0, 0.05) is 54.3 Å². The van der Waals surface area contributed by atoms with Crippen LogP contribution in [0, 0.1) is 12.8 Å². The molecule has 7 nitrogen and oxygen atoms in total. The number of aryl methyl sites for hydroxylation is 2. The number of hydrogen-bond acceptors (Lipinski definition) is 6. The fourth-order valence-electron chi connectivity index (χ4n) is 3.74. The molecule has 0 spiro atoms. The van der Waals surface area contributed by atoms with Gasteiger partial charge in [-0.25, -0.2) is 4.98 Å². The summed E-state index contributed by atoms with van der Waals surface area (Å²) in [6.07, 6.45) is 4.92. The quantitative estimate of drug-likeness (QED) is 0.508. The van der Waals surface area contributed by atoms with Crippen LogP contribution in [0.25, 0.3) is 10.9 Å². The van der Waals surface area contributed by atoms with Crippen molar-refractivity contribution in [3.8, 4) is 5.88 Å². The van der Waals surface area contributed by atoms with Crippen molar-refractivity contribution in [3.05, 3.63) is 71.9 Å². The van der Waals surface area contributed by atoms with E-state index >= 15 is 0 Å². The smallest absolute Gasteiger partial charge is 0.218 e. The van der Waals surface area contributed by atoms with E-state index < -0.39 is 0 Å². The summed E-state index contributed by atoms with van der Waals surface area (Å²) in [5.41, 5.74) is 3.30. The molecular weight excluding hydrogens is 376 g/mol. The number of hydrogen-bond donors (Lipinski definition) is 1. The molecule has 0 saturated heterocycles. The zero-order chi connectivity index (χ0) is 20.5. The second-order valence-electron chi connectivity index (χ2n) is 7.86. The highest BCUT2D eigenvalue weighted by atomic mass is 16.5. The summed E-state index contributed by atoms with van der Waals surface area (Å²) in [6.45, 7) is 3.17. The van der Waals surface area contributed by atoms with Crippen molar-refractivity contribution < 1.29 is 4.74 Å². The summed E-state index contributed by atoms with van der Waals surface area (Å²) in [4.78, 5) is 13.7. The number of para-hydroxylation sites is 1. The monoisotopic (exact) mass is 400 g/mol. The van der Waals surface area contributed by atoms with E-state index in [0.717, 1.165) is 29.0 Å². The first-order valence-corrected chi connectivity index (χ1v) is 10.2. The van der Waals surface area contributed by atoms with Gasteiger partial charge in [-0.15, -0.1) is 0 Å². The highest BCUT2D eigenvalue weighted by molar-refractivity contribution is 5.78. The molecule has 1 aliphatic carbocycles. The molecule has 1 aliphatic rings. The molecule has 3 aromatic heterocycles. The maximum absolute atomic E-state index is 6.01. The second-order valence-corrected chi connectivity index (χ2v) is 7.86. The predicted octanol–water partition coefficient (Wildman–Crippen LogP) is 3.86. The van der Waals surface area contributed by atoms with Gasteiger partial charge in [0.15, 0.2) is 0 Å². The van der Waals surface area contributed by atoms with Crippen LogP contribution in [0.5, 0.6) is 5.88 Å². The molecule has 0 aliphatic heterocycles. The maximum atomic E-state index is 6.01. The van der Waals surface area contributed by atoms with Crippen molar-refractivity contribution in [2.45, 2.75) is 25.8 Å². The summed E-state index contributed by atoms with van der Waals surface area (Å²) >= 11 is 0. The van der Waals surface area contributed by atoms with Gasteiger partial charge in [-0.05, 0) is 25.5 Å². The third-order valence-electron chi connectivity index (χ3n) is 5.41. The zero-order valence-electron chi connectivity index (χ0n) is 17.1. The van der Waals surface area contributed by atoms with Crippen molar-refractivity contribution in [2.24, 2.45) is 13.0 Å². The van der Waals surface area contributed by atoms with E-state index in [4.69, 9.17) is 9.72 Å². The molecule has 1 aromatic carbocycles. The standard InChI is InChI=1S/C23H24N6O/c1-15-26-22(24-11-16-12-25-29(2)13-16)10-23(27-15)30-14-18-9-19(18)21-8-7-17-5-3-4-6-20(17)28-21/h3-8,10,12-13,18-19H,9,11,14H2,1-2H3,(H,24,26,27). The van der Waals surface area contributed by atoms with Crippen LogP contribution in [0.15, 0.2) is 54.9 Å². The molecule has 2 atom stereocenters. The highest BCUT2D eigenvalue weighted by Crippen LogP contribution is 2.47. The number of nitrogens with one attached hydrogen (secondary N) is 1. The average Bonchev–Trinajstić information content (AvgIpc) is 3.42. The Morgan fingerprint density at radius 2 is 2.03 bits per heavy atom. The van der Waals surface area contributed by atoms with Gasteiger partial charge in [-0.3, -0.25) is 9.67 Å². The Morgan fingerprint density at radius 3 is 2.90 bits per heavy atom. The van der Waals surface area contributed by atoms with Crippen molar-refractivity contribution >= 4 is 16.7 Å². The Bertz CT molecular complexity index is 1190. The molecule has 1 N–H and O–H groups in total. The van der Waals surface area contributed by atoms with Crippen molar-refractivity contribution in [3.63, 3.8) is 0 Å². The van der Waals surface area contributed by atoms with Crippen LogP contribution in [-0.2, 0) is 13.6 Å². The van der Waals surface area contributed by atoms with E-state index in [1.165, 1.54) is 5.39 Å². The van der Waals surface area contributed by atoms with Gasteiger partial charge in [0.2, 0.25) is 5.88 Å². The Balaban J connectivity index is 1.19. The normalized spacial score (nSPS) is 17.8. The number of pyridine rings is 1. The third-order valence-corrected chi connectivity index (χ3v) is 5.41. The summed E-state index contributed by atoms with van der Waals surface area (Å²) in [7, 11) is 1.91. The van der Waals surface area contributed by atoms with Gasteiger partial charge < -0.3 is 10.1 Å². The maximum Gasteiger partial charge on any atom is 0.218 e. The van der Waals surface area contributed by atoms with Crippen LogP contribution >= 0.6 is 0 Å². The zero-order valence-corrected chi connectivity index (χ0v) is 17.1. The highest BCUT2D eigenvalue weighted by Gasteiger charge is 2.40. The Kier molecular flexibility index (Phi) is 4.78. The molecule has 1 saturated carbocycles. The van der Waals surface area contributed by atoms with Gasteiger partial charge in [-0.2, -0.15) is 10.1 Å². The molecule has 0 radical (unpaired) electrons. The number of rotatable bonds is 7. The van der Waals surface area contributed by atoms with Crippen molar-refractivity contribution in [1.82, 2.24) is 24.7 Å². The Labute approximate surface area is 175 Å².